The molecular weight excluding hydrogens is 404 g/mol. The molecule has 0 aliphatic heterocycles. The number of carboxylic acid groups (broad SMARTS) is 1. The van der Waals surface area contributed by atoms with Crippen molar-refractivity contribution in [1.29, 1.82) is 0 Å². The lowest BCUT2D eigenvalue weighted by atomic mass is 10.1. The summed E-state index contributed by atoms with van der Waals surface area (Å²) in [5, 5.41) is 12.6. The Morgan fingerprint density at radius 3 is 2.53 bits per heavy atom. The molecule has 1 aromatic heterocycles. The number of nitrogens with one attached hydrogen (secondary N) is 1. The summed E-state index contributed by atoms with van der Waals surface area (Å²) < 4.78 is 5.80. The van der Waals surface area contributed by atoms with Gasteiger partial charge in [-0.25, -0.2) is 14.8 Å². The van der Waals surface area contributed by atoms with Gasteiger partial charge < -0.3 is 20.1 Å². The van der Waals surface area contributed by atoms with Gasteiger partial charge >= 0.3 is 5.97 Å². The van der Waals surface area contributed by atoms with Gasteiger partial charge in [-0.1, -0.05) is 24.3 Å². The SMILES string of the molecule is Cc1cc(C)cc(OCCNc2ncc(C(=O)O)c(CCCN(C)c3ccccc3)n2)c1. The van der Waals surface area contributed by atoms with Gasteiger partial charge in [0.05, 0.1) is 17.8 Å². The van der Waals surface area contributed by atoms with E-state index in [1.165, 1.54) is 6.20 Å². The first-order chi connectivity index (χ1) is 15.4. The minimum atomic E-state index is -1.01. The maximum Gasteiger partial charge on any atom is 0.339 e. The van der Waals surface area contributed by atoms with Gasteiger partial charge in [0.2, 0.25) is 5.95 Å². The number of aromatic carboxylic acids is 1. The Morgan fingerprint density at radius 1 is 1.12 bits per heavy atom. The highest BCUT2D eigenvalue weighted by atomic mass is 16.5. The van der Waals surface area contributed by atoms with Crippen molar-refractivity contribution < 1.29 is 14.6 Å². The number of ether oxygens (including phenoxy) is 1. The van der Waals surface area contributed by atoms with Crippen LogP contribution in [-0.2, 0) is 6.42 Å². The first-order valence-corrected chi connectivity index (χ1v) is 10.7. The average Bonchev–Trinajstić information content (AvgIpc) is 2.76. The highest BCUT2D eigenvalue weighted by molar-refractivity contribution is 5.88. The van der Waals surface area contributed by atoms with E-state index in [1.54, 1.807) is 0 Å². The van der Waals surface area contributed by atoms with Crippen molar-refractivity contribution in [2.24, 2.45) is 0 Å². The lowest BCUT2D eigenvalue weighted by Gasteiger charge is -2.19. The van der Waals surface area contributed by atoms with Crippen molar-refractivity contribution in [1.82, 2.24) is 9.97 Å². The lowest BCUT2D eigenvalue weighted by molar-refractivity contribution is 0.0694. The zero-order valence-corrected chi connectivity index (χ0v) is 18.8. The normalized spacial score (nSPS) is 10.6. The number of para-hydroxylation sites is 1. The van der Waals surface area contributed by atoms with E-state index in [2.05, 4.69) is 38.4 Å². The molecular formula is C25H30N4O3. The molecule has 0 saturated carbocycles. The predicted molar refractivity (Wildman–Crippen MR) is 127 cm³/mol. The van der Waals surface area contributed by atoms with Crippen molar-refractivity contribution >= 4 is 17.6 Å². The van der Waals surface area contributed by atoms with E-state index in [0.29, 0.717) is 31.2 Å². The van der Waals surface area contributed by atoms with Crippen LogP contribution in [0, 0.1) is 13.8 Å². The number of carboxylic acids is 1. The molecule has 0 bridgehead atoms. The highest BCUT2D eigenvalue weighted by Crippen LogP contribution is 2.17. The van der Waals surface area contributed by atoms with Crippen LogP contribution >= 0.6 is 0 Å². The summed E-state index contributed by atoms with van der Waals surface area (Å²) in [6, 6.07) is 16.2. The standard InChI is InChI=1S/C25H30N4O3/c1-18-14-19(2)16-21(15-18)32-13-11-26-25-27-17-22(24(30)31)23(28-25)10-7-12-29(3)20-8-5-4-6-9-20/h4-6,8-9,14-17H,7,10-13H2,1-3H3,(H,30,31)(H,26,27,28). The van der Waals surface area contributed by atoms with Crippen LogP contribution in [0.25, 0.3) is 0 Å². The average molecular weight is 435 g/mol. The van der Waals surface area contributed by atoms with Gasteiger partial charge in [-0.05, 0) is 62.1 Å². The van der Waals surface area contributed by atoms with Crippen LogP contribution in [0.2, 0.25) is 0 Å². The number of benzene rings is 2. The molecule has 168 valence electrons. The molecule has 7 heteroatoms. The molecule has 32 heavy (non-hydrogen) atoms. The van der Waals surface area contributed by atoms with Gasteiger partial charge in [0, 0.05) is 25.5 Å². The maximum atomic E-state index is 11.6. The molecule has 0 aliphatic carbocycles. The van der Waals surface area contributed by atoms with Crippen molar-refractivity contribution in [3.63, 3.8) is 0 Å². The largest absolute Gasteiger partial charge is 0.492 e. The van der Waals surface area contributed by atoms with Gasteiger partial charge in [-0.2, -0.15) is 0 Å². The first kappa shape index (κ1) is 23.1. The molecule has 0 fully saturated rings. The van der Waals surface area contributed by atoms with E-state index in [9.17, 15) is 9.90 Å². The Labute approximate surface area is 189 Å². The Hall–Kier alpha value is -3.61. The Kier molecular flexibility index (Phi) is 8.02. The molecule has 7 nitrogen and oxygen atoms in total. The molecule has 0 radical (unpaired) electrons. The summed E-state index contributed by atoms with van der Waals surface area (Å²) in [4.78, 5) is 22.4. The van der Waals surface area contributed by atoms with Crippen LogP contribution in [0.1, 0.15) is 33.6 Å². The molecule has 0 atom stereocenters. The Morgan fingerprint density at radius 2 is 1.84 bits per heavy atom. The monoisotopic (exact) mass is 434 g/mol. The fourth-order valence-corrected chi connectivity index (χ4v) is 3.51. The molecule has 0 unspecified atom stereocenters. The van der Waals surface area contributed by atoms with Gasteiger partial charge in [0.15, 0.2) is 0 Å². The fourth-order valence-electron chi connectivity index (χ4n) is 3.51. The second-order valence-corrected chi connectivity index (χ2v) is 7.82. The molecule has 2 aromatic carbocycles. The molecule has 3 rings (SSSR count). The lowest BCUT2D eigenvalue weighted by Crippen LogP contribution is -2.20. The highest BCUT2D eigenvalue weighted by Gasteiger charge is 2.14. The second-order valence-electron chi connectivity index (χ2n) is 7.82. The minimum absolute atomic E-state index is 0.143. The summed E-state index contributed by atoms with van der Waals surface area (Å²) in [6.45, 7) is 5.82. The van der Waals surface area contributed by atoms with Crippen molar-refractivity contribution in [2.75, 3.05) is 37.0 Å². The van der Waals surface area contributed by atoms with Crippen LogP contribution in [0.15, 0.2) is 54.7 Å². The predicted octanol–water partition coefficient (Wildman–Crippen LogP) is 4.35. The molecule has 0 amide bonds. The number of aryl methyl sites for hydroxylation is 3. The maximum absolute atomic E-state index is 11.6. The number of anilines is 2. The quantitative estimate of drug-likeness (QED) is 0.434. The van der Waals surface area contributed by atoms with Crippen molar-refractivity contribution in [3.8, 4) is 5.75 Å². The molecule has 3 aromatic rings. The number of nitrogens with zero attached hydrogens (tertiary/aromatic N) is 3. The van der Waals surface area contributed by atoms with E-state index in [0.717, 1.165) is 35.5 Å². The zero-order chi connectivity index (χ0) is 22.9. The van der Waals surface area contributed by atoms with Crippen LogP contribution in [-0.4, -0.2) is 47.8 Å². The van der Waals surface area contributed by atoms with E-state index in [4.69, 9.17) is 4.74 Å². The summed E-state index contributed by atoms with van der Waals surface area (Å²) in [7, 11) is 2.02. The van der Waals surface area contributed by atoms with Gasteiger partial charge in [0.25, 0.3) is 0 Å². The molecule has 0 saturated heterocycles. The zero-order valence-electron chi connectivity index (χ0n) is 18.8. The summed E-state index contributed by atoms with van der Waals surface area (Å²) >= 11 is 0. The third kappa shape index (κ3) is 6.70. The van der Waals surface area contributed by atoms with Crippen LogP contribution in [0.3, 0.4) is 0 Å². The Bertz CT molecular complexity index is 1020. The molecule has 2 N–H and O–H groups in total. The third-order valence-corrected chi connectivity index (χ3v) is 5.05. The minimum Gasteiger partial charge on any atom is -0.492 e. The molecule has 1 heterocycles. The number of aromatic nitrogens is 2. The number of hydrogen-bond donors (Lipinski definition) is 2. The molecule has 0 spiro atoms. The van der Waals surface area contributed by atoms with Crippen molar-refractivity contribution in [3.05, 3.63) is 77.1 Å². The van der Waals surface area contributed by atoms with Crippen molar-refractivity contribution in [2.45, 2.75) is 26.7 Å². The topological polar surface area (TPSA) is 87.6 Å². The Balaban J connectivity index is 1.54. The molecule has 0 aliphatic rings. The summed E-state index contributed by atoms with van der Waals surface area (Å²) in [5.74, 6) is 0.223. The summed E-state index contributed by atoms with van der Waals surface area (Å²) in [5.41, 5.74) is 4.11. The van der Waals surface area contributed by atoms with Gasteiger partial charge in [-0.3, -0.25) is 0 Å². The number of carbonyl (C=O) groups is 1. The first-order valence-electron chi connectivity index (χ1n) is 10.7. The van der Waals surface area contributed by atoms with Gasteiger partial charge in [-0.15, -0.1) is 0 Å². The van der Waals surface area contributed by atoms with E-state index in [-0.39, 0.29) is 5.56 Å². The van der Waals surface area contributed by atoms with Crippen LogP contribution in [0.4, 0.5) is 11.6 Å². The smallest absolute Gasteiger partial charge is 0.339 e. The number of rotatable bonds is 11. The fraction of sp³-hybridized carbons (Fsp3) is 0.320. The third-order valence-electron chi connectivity index (χ3n) is 5.05. The van der Waals surface area contributed by atoms with Crippen LogP contribution < -0.4 is 15.0 Å². The van der Waals surface area contributed by atoms with Gasteiger partial charge in [0.1, 0.15) is 12.4 Å². The number of hydrogen-bond acceptors (Lipinski definition) is 6. The summed E-state index contributed by atoms with van der Waals surface area (Å²) in [6.07, 6.45) is 2.70. The van der Waals surface area contributed by atoms with E-state index >= 15 is 0 Å². The van der Waals surface area contributed by atoms with E-state index < -0.39 is 5.97 Å². The second kappa shape index (κ2) is 11.1. The van der Waals surface area contributed by atoms with Crippen LogP contribution in [0.5, 0.6) is 5.75 Å². The van der Waals surface area contributed by atoms with E-state index in [1.807, 2.05) is 51.2 Å².